The van der Waals surface area contributed by atoms with Gasteiger partial charge in [-0.3, -0.25) is 9.59 Å². The maximum absolute atomic E-state index is 13.0. The molecular formula is C21H21NO5. The fraction of sp³-hybridized carbons (Fsp3) is 0.333. The van der Waals surface area contributed by atoms with Gasteiger partial charge in [-0.1, -0.05) is 30.3 Å². The van der Waals surface area contributed by atoms with Crippen LogP contribution in [0.2, 0.25) is 0 Å². The van der Waals surface area contributed by atoms with Gasteiger partial charge in [-0.2, -0.15) is 0 Å². The number of benzene rings is 2. The number of ketones is 1. The van der Waals surface area contributed by atoms with Crippen LogP contribution in [-0.2, 0) is 22.6 Å². The molecule has 0 aliphatic carbocycles. The van der Waals surface area contributed by atoms with E-state index in [1.54, 1.807) is 24.1 Å². The van der Waals surface area contributed by atoms with Gasteiger partial charge in [0, 0.05) is 18.5 Å². The van der Waals surface area contributed by atoms with Crippen molar-refractivity contribution in [2.75, 3.05) is 26.9 Å². The first-order valence-electron chi connectivity index (χ1n) is 8.96. The van der Waals surface area contributed by atoms with Crippen molar-refractivity contribution >= 4 is 11.7 Å². The minimum atomic E-state index is -0.515. The van der Waals surface area contributed by atoms with Crippen molar-refractivity contribution in [2.24, 2.45) is 0 Å². The summed E-state index contributed by atoms with van der Waals surface area (Å²) in [5, 5.41) is 0. The summed E-state index contributed by atoms with van der Waals surface area (Å²) in [5.74, 6) is 0.840. The van der Waals surface area contributed by atoms with E-state index in [2.05, 4.69) is 0 Å². The Morgan fingerprint density at radius 2 is 1.96 bits per heavy atom. The van der Waals surface area contributed by atoms with E-state index in [9.17, 15) is 9.59 Å². The molecule has 0 saturated carbocycles. The Morgan fingerprint density at radius 3 is 2.74 bits per heavy atom. The van der Waals surface area contributed by atoms with Crippen molar-refractivity contribution in [2.45, 2.75) is 19.1 Å². The third kappa shape index (κ3) is 3.40. The topological polar surface area (TPSA) is 65.1 Å². The minimum Gasteiger partial charge on any atom is -0.493 e. The number of amides is 1. The lowest BCUT2D eigenvalue weighted by Gasteiger charge is -2.33. The van der Waals surface area contributed by atoms with E-state index in [0.717, 1.165) is 5.56 Å². The number of rotatable bonds is 4. The molecule has 0 radical (unpaired) electrons. The Hall–Kier alpha value is -2.86. The average Bonchev–Trinajstić information content (AvgIpc) is 2.81. The van der Waals surface area contributed by atoms with Gasteiger partial charge < -0.3 is 19.1 Å². The first-order valence-corrected chi connectivity index (χ1v) is 8.96. The van der Waals surface area contributed by atoms with E-state index in [0.29, 0.717) is 42.4 Å². The number of hydrogen-bond acceptors (Lipinski definition) is 5. The van der Waals surface area contributed by atoms with Crippen LogP contribution in [0.25, 0.3) is 0 Å². The lowest BCUT2D eigenvalue weighted by atomic mass is 10.0. The third-order valence-electron chi connectivity index (χ3n) is 4.98. The fourth-order valence-corrected chi connectivity index (χ4v) is 3.53. The van der Waals surface area contributed by atoms with Gasteiger partial charge >= 0.3 is 0 Å². The van der Waals surface area contributed by atoms with Crippen molar-refractivity contribution in [1.29, 1.82) is 0 Å². The summed E-state index contributed by atoms with van der Waals surface area (Å²) in [7, 11) is 1.54. The molecule has 2 heterocycles. The van der Waals surface area contributed by atoms with Crippen molar-refractivity contribution in [3.8, 4) is 11.5 Å². The van der Waals surface area contributed by atoms with E-state index < -0.39 is 6.04 Å². The highest BCUT2D eigenvalue weighted by molar-refractivity contribution is 6.03. The highest BCUT2D eigenvalue weighted by atomic mass is 16.5. The van der Waals surface area contributed by atoms with E-state index in [4.69, 9.17) is 14.2 Å². The largest absolute Gasteiger partial charge is 0.493 e. The molecule has 0 unspecified atom stereocenters. The van der Waals surface area contributed by atoms with Crippen molar-refractivity contribution in [3.63, 3.8) is 0 Å². The number of methoxy groups -OCH3 is 1. The molecule has 1 amide bonds. The molecule has 2 aromatic carbocycles. The van der Waals surface area contributed by atoms with Crippen molar-refractivity contribution in [3.05, 3.63) is 59.2 Å². The predicted molar refractivity (Wildman–Crippen MR) is 98.1 cm³/mol. The Morgan fingerprint density at radius 1 is 1.15 bits per heavy atom. The summed E-state index contributed by atoms with van der Waals surface area (Å²) >= 11 is 0. The summed E-state index contributed by atoms with van der Waals surface area (Å²) in [6.45, 7) is 1.50. The molecule has 6 heteroatoms. The molecule has 0 spiro atoms. The van der Waals surface area contributed by atoms with Crippen LogP contribution in [0, 0.1) is 0 Å². The first-order chi connectivity index (χ1) is 13.2. The quantitative estimate of drug-likeness (QED) is 0.829. The van der Waals surface area contributed by atoms with Crippen LogP contribution >= 0.6 is 0 Å². The summed E-state index contributed by atoms with van der Waals surface area (Å²) in [4.78, 5) is 27.3. The van der Waals surface area contributed by atoms with E-state index in [1.807, 2.05) is 30.3 Å². The maximum atomic E-state index is 13.0. The van der Waals surface area contributed by atoms with E-state index >= 15 is 0 Å². The number of hydrogen-bond donors (Lipinski definition) is 0. The molecule has 27 heavy (non-hydrogen) atoms. The fourth-order valence-electron chi connectivity index (χ4n) is 3.53. The molecule has 0 aromatic heterocycles. The number of fused-ring (bicyclic) bond motifs is 2. The monoisotopic (exact) mass is 367 g/mol. The Kier molecular flexibility index (Phi) is 4.81. The van der Waals surface area contributed by atoms with Crippen LogP contribution in [0.1, 0.15) is 21.5 Å². The number of Topliss-reactive ketones (excluding diaryl/α,β-unsaturated/α-hetero) is 1. The Balaban J connectivity index is 1.66. The van der Waals surface area contributed by atoms with Crippen molar-refractivity contribution in [1.82, 2.24) is 4.90 Å². The molecule has 1 atom stereocenters. The molecule has 0 N–H and O–H groups in total. The number of nitrogens with zero attached hydrogens (tertiary/aromatic N) is 1. The molecule has 2 aliphatic rings. The molecular weight excluding hydrogens is 346 g/mol. The molecule has 1 fully saturated rings. The van der Waals surface area contributed by atoms with Gasteiger partial charge in [0.1, 0.15) is 12.6 Å². The van der Waals surface area contributed by atoms with Gasteiger partial charge in [0.05, 0.1) is 20.3 Å². The molecule has 6 nitrogen and oxygen atoms in total. The van der Waals surface area contributed by atoms with Crippen molar-refractivity contribution < 1.29 is 23.8 Å². The summed E-state index contributed by atoms with van der Waals surface area (Å²) in [5.41, 5.74) is 2.19. The number of morpholine rings is 1. The average molecular weight is 367 g/mol. The van der Waals surface area contributed by atoms with Crippen LogP contribution < -0.4 is 9.47 Å². The van der Waals surface area contributed by atoms with E-state index in [-0.39, 0.29) is 24.7 Å². The van der Waals surface area contributed by atoms with Gasteiger partial charge in [-0.05, 0) is 23.3 Å². The van der Waals surface area contributed by atoms with Gasteiger partial charge in [-0.25, -0.2) is 0 Å². The van der Waals surface area contributed by atoms with Gasteiger partial charge in [0.2, 0.25) is 0 Å². The summed E-state index contributed by atoms with van der Waals surface area (Å²) < 4.78 is 16.8. The third-order valence-corrected chi connectivity index (χ3v) is 4.98. The molecule has 2 aromatic rings. The van der Waals surface area contributed by atoms with Gasteiger partial charge in [-0.15, -0.1) is 0 Å². The second-order valence-electron chi connectivity index (χ2n) is 6.67. The number of carbonyl (C=O) groups excluding carboxylic acids is 2. The smallest absolute Gasteiger partial charge is 0.255 e. The lowest BCUT2D eigenvalue weighted by molar-refractivity contribution is -0.127. The van der Waals surface area contributed by atoms with Crippen LogP contribution in [0.5, 0.6) is 11.5 Å². The lowest BCUT2D eigenvalue weighted by Crippen LogP contribution is -2.51. The van der Waals surface area contributed by atoms with E-state index in [1.165, 1.54) is 0 Å². The summed E-state index contributed by atoms with van der Waals surface area (Å²) in [6.07, 6.45) is 0.178. The van der Waals surface area contributed by atoms with Gasteiger partial charge in [0.25, 0.3) is 5.91 Å². The summed E-state index contributed by atoms with van der Waals surface area (Å²) in [6, 6.07) is 12.7. The zero-order valence-electron chi connectivity index (χ0n) is 15.1. The van der Waals surface area contributed by atoms with Crippen LogP contribution in [0.4, 0.5) is 0 Å². The second-order valence-corrected chi connectivity index (χ2v) is 6.67. The first kappa shape index (κ1) is 17.5. The second kappa shape index (κ2) is 7.40. The molecule has 4 rings (SSSR count). The molecule has 140 valence electrons. The van der Waals surface area contributed by atoms with Gasteiger partial charge in [0.15, 0.2) is 17.3 Å². The van der Waals surface area contributed by atoms with Crippen LogP contribution in [-0.4, -0.2) is 49.5 Å². The predicted octanol–water partition coefficient (Wildman–Crippen LogP) is 2.24. The molecule has 2 aliphatic heterocycles. The standard InChI is InChI=1S/C21H21NO5/c1-25-19-11-16-15(10-20(19)27-12-14-5-3-2-4-6-14)9-18(23)17-13-26-8-7-22(17)21(16)24/h2-6,10-11,17H,7-9,12-13H2,1H3/t17-/m0/s1. The zero-order chi connectivity index (χ0) is 18.8. The van der Waals surface area contributed by atoms with Crippen LogP contribution in [0.3, 0.4) is 0 Å². The number of carbonyl (C=O) groups is 2. The normalized spacial score (nSPS) is 19.1. The van der Waals surface area contributed by atoms with Crippen LogP contribution in [0.15, 0.2) is 42.5 Å². The Bertz CT molecular complexity index is 864. The SMILES string of the molecule is COc1cc2c(cc1OCc1ccccc1)CC(=O)[C@@H]1COCCN1C2=O. The highest BCUT2D eigenvalue weighted by Gasteiger charge is 2.37. The Labute approximate surface area is 157 Å². The molecule has 1 saturated heterocycles. The highest BCUT2D eigenvalue weighted by Crippen LogP contribution is 2.34. The zero-order valence-corrected chi connectivity index (χ0v) is 15.1. The minimum absolute atomic E-state index is 0.0130. The molecule has 0 bridgehead atoms. The number of ether oxygens (including phenoxy) is 3. The maximum Gasteiger partial charge on any atom is 0.255 e.